The SMILES string of the molecule is CO[C@H]1CCCC=C1CCC(=O)O. The number of aliphatic carboxylic acids is 1. The van der Waals surface area contributed by atoms with Crippen molar-refractivity contribution in [1.29, 1.82) is 0 Å². The number of rotatable bonds is 4. The van der Waals surface area contributed by atoms with Crippen molar-refractivity contribution in [3.63, 3.8) is 0 Å². The molecule has 0 amide bonds. The minimum absolute atomic E-state index is 0.160. The Bertz CT molecular complexity index is 208. The fourth-order valence-corrected chi connectivity index (χ4v) is 1.69. The van der Waals surface area contributed by atoms with Crippen LogP contribution in [-0.2, 0) is 9.53 Å². The summed E-state index contributed by atoms with van der Waals surface area (Å²) in [4.78, 5) is 10.4. The number of hydrogen-bond donors (Lipinski definition) is 1. The first-order valence-corrected chi connectivity index (χ1v) is 4.67. The number of carboxylic acid groups (broad SMARTS) is 1. The minimum atomic E-state index is -0.735. The van der Waals surface area contributed by atoms with Gasteiger partial charge in [0.25, 0.3) is 0 Å². The number of allylic oxidation sites excluding steroid dienone is 1. The second-order valence-corrected chi connectivity index (χ2v) is 3.33. The Morgan fingerprint density at radius 1 is 1.77 bits per heavy atom. The summed E-state index contributed by atoms with van der Waals surface area (Å²) >= 11 is 0. The Kier molecular flexibility index (Phi) is 3.96. The smallest absolute Gasteiger partial charge is 0.303 e. The molecular formula is C10H16O3. The fourth-order valence-electron chi connectivity index (χ4n) is 1.69. The lowest BCUT2D eigenvalue weighted by molar-refractivity contribution is -0.137. The Morgan fingerprint density at radius 3 is 3.15 bits per heavy atom. The first-order valence-electron chi connectivity index (χ1n) is 4.67. The lowest BCUT2D eigenvalue weighted by Crippen LogP contribution is -2.17. The summed E-state index contributed by atoms with van der Waals surface area (Å²) in [6.45, 7) is 0. The maximum Gasteiger partial charge on any atom is 0.303 e. The van der Waals surface area contributed by atoms with E-state index in [-0.39, 0.29) is 12.5 Å². The highest BCUT2D eigenvalue weighted by molar-refractivity contribution is 5.67. The molecule has 0 aliphatic heterocycles. The lowest BCUT2D eigenvalue weighted by atomic mass is 9.93. The van der Waals surface area contributed by atoms with Crippen LogP contribution in [0.15, 0.2) is 11.6 Å². The molecule has 1 N–H and O–H groups in total. The van der Waals surface area contributed by atoms with E-state index in [0.29, 0.717) is 6.42 Å². The average molecular weight is 184 g/mol. The molecule has 74 valence electrons. The molecule has 0 aromatic carbocycles. The average Bonchev–Trinajstić information content (AvgIpc) is 2.15. The van der Waals surface area contributed by atoms with Crippen LogP contribution in [0.2, 0.25) is 0 Å². The van der Waals surface area contributed by atoms with Gasteiger partial charge in [0.1, 0.15) is 0 Å². The van der Waals surface area contributed by atoms with Crippen LogP contribution in [0.1, 0.15) is 32.1 Å². The van der Waals surface area contributed by atoms with Crippen molar-refractivity contribution in [2.45, 2.75) is 38.2 Å². The molecule has 0 bridgehead atoms. The Balaban J connectivity index is 2.44. The van der Waals surface area contributed by atoms with Gasteiger partial charge in [-0.05, 0) is 31.3 Å². The van der Waals surface area contributed by atoms with Crippen molar-refractivity contribution in [2.24, 2.45) is 0 Å². The van der Waals surface area contributed by atoms with Gasteiger partial charge < -0.3 is 9.84 Å². The molecule has 0 aromatic heterocycles. The van der Waals surface area contributed by atoms with Crippen LogP contribution in [0.3, 0.4) is 0 Å². The third-order valence-corrected chi connectivity index (χ3v) is 2.40. The molecular weight excluding hydrogens is 168 g/mol. The van der Waals surface area contributed by atoms with Gasteiger partial charge in [0.15, 0.2) is 0 Å². The van der Waals surface area contributed by atoms with E-state index in [9.17, 15) is 4.79 Å². The van der Waals surface area contributed by atoms with Gasteiger partial charge in [0, 0.05) is 13.5 Å². The standard InChI is InChI=1S/C10H16O3/c1-13-9-5-3-2-4-8(9)6-7-10(11)12/h4,9H,2-3,5-7H2,1H3,(H,11,12)/t9-/m0/s1. The van der Waals surface area contributed by atoms with Gasteiger partial charge in [0.05, 0.1) is 6.10 Å². The second kappa shape index (κ2) is 5.02. The summed E-state index contributed by atoms with van der Waals surface area (Å²) in [5.74, 6) is -0.735. The van der Waals surface area contributed by atoms with E-state index in [4.69, 9.17) is 9.84 Å². The van der Waals surface area contributed by atoms with Gasteiger partial charge in [-0.3, -0.25) is 4.79 Å². The molecule has 3 heteroatoms. The first kappa shape index (κ1) is 10.3. The van der Waals surface area contributed by atoms with E-state index in [1.165, 1.54) is 0 Å². The van der Waals surface area contributed by atoms with Crippen LogP contribution >= 0.6 is 0 Å². The zero-order valence-electron chi connectivity index (χ0n) is 7.95. The number of methoxy groups -OCH3 is 1. The minimum Gasteiger partial charge on any atom is -0.481 e. The number of hydrogen-bond acceptors (Lipinski definition) is 2. The number of carbonyl (C=O) groups is 1. The van der Waals surface area contributed by atoms with Crippen molar-refractivity contribution >= 4 is 5.97 Å². The third-order valence-electron chi connectivity index (χ3n) is 2.40. The Hall–Kier alpha value is -0.830. The zero-order chi connectivity index (χ0) is 9.68. The summed E-state index contributed by atoms with van der Waals surface area (Å²) < 4.78 is 5.27. The van der Waals surface area contributed by atoms with Crippen LogP contribution in [0.4, 0.5) is 0 Å². The van der Waals surface area contributed by atoms with Crippen molar-refractivity contribution in [1.82, 2.24) is 0 Å². The molecule has 0 radical (unpaired) electrons. The Morgan fingerprint density at radius 2 is 2.54 bits per heavy atom. The van der Waals surface area contributed by atoms with E-state index < -0.39 is 5.97 Å². The van der Waals surface area contributed by atoms with Crippen molar-refractivity contribution < 1.29 is 14.6 Å². The van der Waals surface area contributed by atoms with Gasteiger partial charge in [-0.1, -0.05) is 6.08 Å². The van der Waals surface area contributed by atoms with Gasteiger partial charge in [-0.25, -0.2) is 0 Å². The molecule has 0 heterocycles. The monoisotopic (exact) mass is 184 g/mol. The van der Waals surface area contributed by atoms with Gasteiger partial charge in [0.2, 0.25) is 0 Å². The molecule has 1 atom stereocenters. The molecule has 1 aliphatic rings. The molecule has 1 rings (SSSR count). The van der Waals surface area contributed by atoms with Crippen LogP contribution in [0.5, 0.6) is 0 Å². The van der Waals surface area contributed by atoms with Gasteiger partial charge in [-0.2, -0.15) is 0 Å². The first-order chi connectivity index (χ1) is 6.24. The summed E-state index contributed by atoms with van der Waals surface area (Å²) in [5.41, 5.74) is 1.16. The van der Waals surface area contributed by atoms with Crippen molar-refractivity contribution in [3.05, 3.63) is 11.6 Å². The maximum atomic E-state index is 10.4. The van der Waals surface area contributed by atoms with E-state index in [2.05, 4.69) is 6.08 Å². The molecule has 0 aromatic rings. The summed E-state index contributed by atoms with van der Waals surface area (Å²) in [6, 6.07) is 0. The van der Waals surface area contributed by atoms with Crippen LogP contribution < -0.4 is 0 Å². The molecule has 1 aliphatic carbocycles. The predicted molar refractivity (Wildman–Crippen MR) is 49.6 cm³/mol. The molecule has 13 heavy (non-hydrogen) atoms. The third kappa shape index (κ3) is 3.19. The summed E-state index contributed by atoms with van der Waals surface area (Å²) in [6.07, 6.45) is 6.37. The van der Waals surface area contributed by atoms with E-state index in [0.717, 1.165) is 24.8 Å². The number of ether oxygens (including phenoxy) is 1. The normalized spacial score (nSPS) is 22.5. The zero-order valence-corrected chi connectivity index (χ0v) is 7.95. The Labute approximate surface area is 78.4 Å². The molecule has 0 saturated heterocycles. The molecule has 0 spiro atoms. The molecule has 0 saturated carbocycles. The topological polar surface area (TPSA) is 46.5 Å². The van der Waals surface area contributed by atoms with E-state index >= 15 is 0 Å². The van der Waals surface area contributed by atoms with Crippen LogP contribution in [0.25, 0.3) is 0 Å². The molecule has 3 nitrogen and oxygen atoms in total. The van der Waals surface area contributed by atoms with Gasteiger partial charge >= 0.3 is 5.97 Å². The highest BCUT2D eigenvalue weighted by Crippen LogP contribution is 2.24. The highest BCUT2D eigenvalue weighted by atomic mass is 16.5. The van der Waals surface area contributed by atoms with Crippen molar-refractivity contribution in [3.8, 4) is 0 Å². The highest BCUT2D eigenvalue weighted by Gasteiger charge is 2.17. The molecule has 0 unspecified atom stereocenters. The second-order valence-electron chi connectivity index (χ2n) is 3.33. The van der Waals surface area contributed by atoms with E-state index in [1.807, 2.05) is 0 Å². The quantitative estimate of drug-likeness (QED) is 0.679. The molecule has 0 fully saturated rings. The van der Waals surface area contributed by atoms with E-state index in [1.54, 1.807) is 7.11 Å². The maximum absolute atomic E-state index is 10.4. The summed E-state index contributed by atoms with van der Waals surface area (Å²) in [7, 11) is 1.69. The lowest BCUT2D eigenvalue weighted by Gasteiger charge is -2.22. The van der Waals surface area contributed by atoms with Crippen LogP contribution in [0, 0.1) is 0 Å². The van der Waals surface area contributed by atoms with Crippen LogP contribution in [-0.4, -0.2) is 24.3 Å². The summed E-state index contributed by atoms with van der Waals surface area (Å²) in [5, 5.41) is 8.54. The van der Waals surface area contributed by atoms with Gasteiger partial charge in [-0.15, -0.1) is 0 Å². The fraction of sp³-hybridized carbons (Fsp3) is 0.700. The number of carboxylic acids is 1. The largest absolute Gasteiger partial charge is 0.481 e. The predicted octanol–water partition coefficient (Wildman–Crippen LogP) is 1.98. The van der Waals surface area contributed by atoms with Crippen molar-refractivity contribution in [2.75, 3.05) is 7.11 Å².